The number of aromatic nitrogens is 2. The Hall–Kier alpha value is -3.00. The Bertz CT molecular complexity index is 1230. The molecule has 0 N–H and O–H groups in total. The number of thiophene rings is 1. The summed E-state index contributed by atoms with van der Waals surface area (Å²) in [5, 5.41) is 0.671. The summed E-state index contributed by atoms with van der Waals surface area (Å²) in [6, 6.07) is 4.98. The molecule has 1 aromatic carbocycles. The largest absolute Gasteiger partial charge is 0.482 e. The lowest BCUT2D eigenvalue weighted by atomic mass is 9.97. The van der Waals surface area contributed by atoms with Crippen molar-refractivity contribution in [1.29, 1.82) is 0 Å². The lowest BCUT2D eigenvalue weighted by Gasteiger charge is -2.26. The van der Waals surface area contributed by atoms with E-state index in [9.17, 15) is 14.4 Å². The number of hydrogen-bond donors (Lipinski definition) is 0. The van der Waals surface area contributed by atoms with Crippen LogP contribution in [0.1, 0.15) is 33.6 Å². The van der Waals surface area contributed by atoms with Gasteiger partial charge in [0.1, 0.15) is 10.6 Å². The topological polar surface area (TPSA) is 81.5 Å². The van der Waals surface area contributed by atoms with Crippen molar-refractivity contribution in [3.05, 3.63) is 50.9 Å². The maximum atomic E-state index is 13.1. The summed E-state index contributed by atoms with van der Waals surface area (Å²) in [6.07, 6.45) is 5.58. The highest BCUT2D eigenvalue weighted by atomic mass is 32.1. The number of Topliss-reactive ketones (excluding diaryl/α,β-unsaturated/α-hetero) is 1. The molecule has 148 valence electrons. The lowest BCUT2D eigenvalue weighted by Crippen LogP contribution is -2.35. The van der Waals surface area contributed by atoms with E-state index in [0.29, 0.717) is 22.4 Å². The third-order valence-corrected chi connectivity index (χ3v) is 6.82. The average Bonchev–Trinajstić information content (AvgIpc) is 3.12. The van der Waals surface area contributed by atoms with Gasteiger partial charge >= 0.3 is 0 Å². The van der Waals surface area contributed by atoms with Crippen molar-refractivity contribution in [2.24, 2.45) is 0 Å². The molecule has 7 nitrogen and oxygen atoms in total. The fourth-order valence-electron chi connectivity index (χ4n) is 3.99. The van der Waals surface area contributed by atoms with E-state index in [4.69, 9.17) is 4.74 Å². The predicted octanol–water partition coefficient (Wildman–Crippen LogP) is 2.57. The monoisotopic (exact) mass is 409 g/mol. The van der Waals surface area contributed by atoms with E-state index in [0.717, 1.165) is 36.1 Å². The number of hydrogen-bond acceptors (Lipinski definition) is 6. The molecule has 0 unspecified atom stereocenters. The number of nitrogens with zero attached hydrogens (tertiary/aromatic N) is 3. The smallest absolute Gasteiger partial charge is 0.264 e. The van der Waals surface area contributed by atoms with E-state index in [1.165, 1.54) is 20.7 Å². The second kappa shape index (κ2) is 6.81. The van der Waals surface area contributed by atoms with Crippen LogP contribution in [0.15, 0.2) is 29.3 Å². The van der Waals surface area contributed by atoms with Crippen LogP contribution in [-0.4, -0.2) is 34.9 Å². The second-order valence-electron chi connectivity index (χ2n) is 7.42. The lowest BCUT2D eigenvalue weighted by molar-refractivity contribution is -0.120. The van der Waals surface area contributed by atoms with Crippen LogP contribution in [0.4, 0.5) is 5.69 Å². The molecule has 0 spiro atoms. The van der Waals surface area contributed by atoms with Crippen LogP contribution in [-0.2, 0) is 24.2 Å². The SMILES string of the molecule is CN1C(=O)COc2ccc(C(=O)Cn3cnc4sc5c(c4c3=O)CCCC5)cc21. The minimum absolute atomic E-state index is 0.0111. The summed E-state index contributed by atoms with van der Waals surface area (Å²) < 4.78 is 6.79. The first-order valence-electron chi connectivity index (χ1n) is 9.59. The third kappa shape index (κ3) is 2.95. The molecule has 3 aromatic rings. The number of ketones is 1. The van der Waals surface area contributed by atoms with E-state index in [-0.39, 0.29) is 30.4 Å². The molecule has 0 saturated heterocycles. The Labute approximate surface area is 170 Å². The van der Waals surface area contributed by atoms with Gasteiger partial charge in [-0.05, 0) is 49.4 Å². The minimum atomic E-state index is -0.216. The molecule has 0 bridgehead atoms. The molecule has 0 atom stereocenters. The predicted molar refractivity (Wildman–Crippen MR) is 110 cm³/mol. The number of amides is 1. The Morgan fingerprint density at radius 3 is 2.93 bits per heavy atom. The first-order chi connectivity index (χ1) is 14.0. The van der Waals surface area contributed by atoms with Crippen LogP contribution >= 0.6 is 11.3 Å². The fourth-order valence-corrected chi connectivity index (χ4v) is 5.20. The van der Waals surface area contributed by atoms with Crippen LogP contribution in [0.2, 0.25) is 0 Å². The zero-order chi connectivity index (χ0) is 20.1. The van der Waals surface area contributed by atoms with Gasteiger partial charge in [-0.3, -0.25) is 19.0 Å². The van der Waals surface area contributed by atoms with Crippen molar-refractivity contribution in [2.75, 3.05) is 18.6 Å². The number of benzene rings is 1. The molecule has 3 heterocycles. The number of fused-ring (bicyclic) bond motifs is 4. The minimum Gasteiger partial charge on any atom is -0.482 e. The summed E-state index contributed by atoms with van der Waals surface area (Å²) in [5.74, 6) is 0.176. The van der Waals surface area contributed by atoms with Gasteiger partial charge in [-0.1, -0.05) is 0 Å². The molecular weight excluding hydrogens is 390 g/mol. The van der Waals surface area contributed by atoms with E-state index < -0.39 is 0 Å². The molecule has 1 amide bonds. The Kier molecular flexibility index (Phi) is 4.24. The standard InChI is InChI=1S/C21H19N3O4S/c1-23-14-8-12(6-7-16(14)28-10-18(23)26)15(25)9-24-11-22-20-19(21(24)27)13-4-2-3-5-17(13)29-20/h6-8,11H,2-5,9-10H2,1H3. The highest BCUT2D eigenvalue weighted by Crippen LogP contribution is 2.34. The Morgan fingerprint density at radius 2 is 2.07 bits per heavy atom. The van der Waals surface area contributed by atoms with Crippen molar-refractivity contribution in [1.82, 2.24) is 9.55 Å². The van der Waals surface area contributed by atoms with Crippen LogP contribution in [0.5, 0.6) is 5.75 Å². The molecule has 1 aliphatic heterocycles. The van der Waals surface area contributed by atoms with E-state index >= 15 is 0 Å². The molecule has 0 fully saturated rings. The summed E-state index contributed by atoms with van der Waals surface area (Å²) in [6.45, 7) is -0.105. The molecule has 1 aliphatic carbocycles. The number of rotatable bonds is 3. The fraction of sp³-hybridized carbons (Fsp3) is 0.333. The van der Waals surface area contributed by atoms with E-state index in [2.05, 4.69) is 4.98 Å². The van der Waals surface area contributed by atoms with E-state index in [1.807, 2.05) is 0 Å². The van der Waals surface area contributed by atoms with Gasteiger partial charge < -0.3 is 9.64 Å². The van der Waals surface area contributed by atoms with Gasteiger partial charge in [-0.2, -0.15) is 0 Å². The number of aryl methyl sites for hydroxylation is 2. The van der Waals surface area contributed by atoms with Crippen molar-refractivity contribution < 1.29 is 14.3 Å². The molecule has 0 saturated carbocycles. The first-order valence-corrected chi connectivity index (χ1v) is 10.4. The summed E-state index contributed by atoms with van der Waals surface area (Å²) >= 11 is 1.59. The second-order valence-corrected chi connectivity index (χ2v) is 8.50. The third-order valence-electron chi connectivity index (χ3n) is 5.62. The van der Waals surface area contributed by atoms with Crippen molar-refractivity contribution >= 4 is 38.9 Å². The van der Waals surface area contributed by atoms with Gasteiger partial charge in [0.2, 0.25) is 0 Å². The average molecular weight is 409 g/mol. The van der Waals surface area contributed by atoms with Crippen LogP contribution < -0.4 is 15.2 Å². The van der Waals surface area contributed by atoms with Gasteiger partial charge in [0.05, 0.1) is 23.9 Å². The van der Waals surface area contributed by atoms with Gasteiger partial charge in [-0.25, -0.2) is 4.98 Å². The van der Waals surface area contributed by atoms with Crippen molar-refractivity contribution in [2.45, 2.75) is 32.2 Å². The Morgan fingerprint density at radius 1 is 1.24 bits per heavy atom. The van der Waals surface area contributed by atoms with Crippen LogP contribution in [0.3, 0.4) is 0 Å². The van der Waals surface area contributed by atoms with Gasteiger partial charge in [0.25, 0.3) is 11.5 Å². The van der Waals surface area contributed by atoms with Gasteiger partial charge in [0, 0.05) is 17.5 Å². The molecule has 2 aliphatic rings. The van der Waals surface area contributed by atoms with E-state index in [1.54, 1.807) is 36.6 Å². The number of carbonyl (C=O) groups is 2. The van der Waals surface area contributed by atoms with Crippen molar-refractivity contribution in [3.8, 4) is 5.75 Å². The highest BCUT2D eigenvalue weighted by molar-refractivity contribution is 7.18. The zero-order valence-corrected chi connectivity index (χ0v) is 16.8. The molecule has 0 radical (unpaired) electrons. The zero-order valence-electron chi connectivity index (χ0n) is 15.9. The molecule has 5 rings (SSSR count). The number of carbonyl (C=O) groups excluding carboxylic acids is 2. The van der Waals surface area contributed by atoms with Crippen LogP contribution in [0.25, 0.3) is 10.2 Å². The molecule has 29 heavy (non-hydrogen) atoms. The molecule has 2 aromatic heterocycles. The summed E-state index contributed by atoms with van der Waals surface area (Å²) in [5.41, 5.74) is 1.94. The quantitative estimate of drug-likeness (QED) is 0.621. The maximum Gasteiger partial charge on any atom is 0.264 e. The number of anilines is 1. The van der Waals surface area contributed by atoms with Gasteiger partial charge in [-0.15, -0.1) is 11.3 Å². The Balaban J connectivity index is 1.48. The van der Waals surface area contributed by atoms with Crippen LogP contribution in [0, 0.1) is 0 Å². The normalized spacial score (nSPS) is 15.8. The van der Waals surface area contributed by atoms with Gasteiger partial charge in [0.15, 0.2) is 12.4 Å². The van der Waals surface area contributed by atoms with Crippen molar-refractivity contribution in [3.63, 3.8) is 0 Å². The highest BCUT2D eigenvalue weighted by Gasteiger charge is 2.24. The number of likely N-dealkylation sites (N-methyl/N-ethyl adjacent to an activating group) is 1. The molecule has 8 heteroatoms. The molecular formula is C21H19N3O4S. The first kappa shape index (κ1) is 18.1. The summed E-state index contributed by atoms with van der Waals surface area (Å²) in [4.78, 5) is 45.7. The maximum absolute atomic E-state index is 13.1. The summed E-state index contributed by atoms with van der Waals surface area (Å²) in [7, 11) is 1.65. The number of ether oxygens (including phenoxy) is 1.